The van der Waals surface area contributed by atoms with E-state index in [1.807, 2.05) is 30.3 Å². The Bertz CT molecular complexity index is 1170. The summed E-state index contributed by atoms with van der Waals surface area (Å²) in [7, 11) is 0. The van der Waals surface area contributed by atoms with Crippen LogP contribution in [0.2, 0.25) is 10.0 Å². The highest BCUT2D eigenvalue weighted by Crippen LogP contribution is 2.32. The van der Waals surface area contributed by atoms with Gasteiger partial charge in [0, 0.05) is 22.0 Å². The van der Waals surface area contributed by atoms with Crippen LogP contribution in [0.4, 0.5) is 0 Å². The van der Waals surface area contributed by atoms with Crippen molar-refractivity contribution in [2.75, 3.05) is 6.61 Å². The van der Waals surface area contributed by atoms with Gasteiger partial charge < -0.3 is 9.15 Å². The Kier molecular flexibility index (Phi) is 5.38. The van der Waals surface area contributed by atoms with Crippen molar-refractivity contribution in [2.24, 2.45) is 0 Å². The third kappa shape index (κ3) is 3.91. The fraction of sp³-hybridized carbons (Fsp3) is 0.0870. The largest absolute Gasteiger partial charge is 0.486 e. The molecule has 5 heteroatoms. The van der Waals surface area contributed by atoms with E-state index in [1.165, 1.54) is 0 Å². The van der Waals surface area contributed by atoms with Gasteiger partial charge in [-0.3, -0.25) is 4.79 Å². The average molecular weight is 411 g/mol. The van der Waals surface area contributed by atoms with Crippen molar-refractivity contribution >= 4 is 34.2 Å². The summed E-state index contributed by atoms with van der Waals surface area (Å²) in [6.07, 6.45) is 0.675. The molecule has 1 aromatic heterocycles. The molecule has 1 heterocycles. The first-order valence-electron chi connectivity index (χ1n) is 8.81. The molecule has 0 aliphatic rings. The lowest BCUT2D eigenvalue weighted by Gasteiger charge is -2.12. The molecule has 0 spiro atoms. The number of ether oxygens (including phenoxy) is 1. The highest BCUT2D eigenvalue weighted by Gasteiger charge is 2.18. The molecule has 4 rings (SSSR count). The predicted octanol–water partition coefficient (Wildman–Crippen LogP) is 6.39. The van der Waals surface area contributed by atoms with Gasteiger partial charge in [-0.05, 0) is 48.0 Å². The Morgan fingerprint density at radius 3 is 2.32 bits per heavy atom. The van der Waals surface area contributed by atoms with E-state index in [2.05, 4.69) is 0 Å². The highest BCUT2D eigenvalue weighted by atomic mass is 35.5. The van der Waals surface area contributed by atoms with Gasteiger partial charge in [0.05, 0.1) is 12.0 Å². The summed E-state index contributed by atoms with van der Waals surface area (Å²) in [5.74, 6) is 0.553. The first kappa shape index (κ1) is 18.6. The van der Waals surface area contributed by atoms with E-state index in [0.29, 0.717) is 45.4 Å². The zero-order chi connectivity index (χ0) is 19.5. The molecule has 0 N–H and O–H groups in total. The van der Waals surface area contributed by atoms with Crippen molar-refractivity contribution in [1.82, 2.24) is 0 Å². The minimum absolute atomic E-state index is 0.174. The lowest BCUT2D eigenvalue weighted by molar-refractivity contribution is 0.313. The van der Waals surface area contributed by atoms with Crippen LogP contribution >= 0.6 is 23.2 Å². The molecular formula is C23H16Cl2O3. The molecule has 28 heavy (non-hydrogen) atoms. The van der Waals surface area contributed by atoms with Gasteiger partial charge in [-0.1, -0.05) is 53.5 Å². The van der Waals surface area contributed by atoms with Gasteiger partial charge in [0.25, 0.3) is 0 Å². The van der Waals surface area contributed by atoms with Crippen molar-refractivity contribution in [3.8, 4) is 17.1 Å². The summed E-state index contributed by atoms with van der Waals surface area (Å²) in [5.41, 5.74) is 2.05. The van der Waals surface area contributed by atoms with E-state index in [9.17, 15) is 4.79 Å². The minimum Gasteiger partial charge on any atom is -0.486 e. The highest BCUT2D eigenvalue weighted by molar-refractivity contribution is 6.31. The van der Waals surface area contributed by atoms with Gasteiger partial charge >= 0.3 is 0 Å². The lowest BCUT2D eigenvalue weighted by Crippen LogP contribution is -2.12. The van der Waals surface area contributed by atoms with E-state index < -0.39 is 0 Å². The maximum Gasteiger partial charge on any atom is 0.235 e. The van der Waals surface area contributed by atoms with Gasteiger partial charge in [-0.2, -0.15) is 0 Å². The summed E-state index contributed by atoms with van der Waals surface area (Å²) in [6.45, 7) is 0.349. The average Bonchev–Trinajstić information content (AvgIpc) is 2.71. The summed E-state index contributed by atoms with van der Waals surface area (Å²) in [4.78, 5) is 13.1. The Balaban J connectivity index is 1.76. The lowest BCUT2D eigenvalue weighted by atomic mass is 10.1. The molecule has 140 valence electrons. The predicted molar refractivity (Wildman–Crippen MR) is 114 cm³/mol. The van der Waals surface area contributed by atoms with Gasteiger partial charge in [0.15, 0.2) is 5.76 Å². The van der Waals surface area contributed by atoms with Crippen LogP contribution in [-0.4, -0.2) is 6.61 Å². The summed E-state index contributed by atoms with van der Waals surface area (Å²) >= 11 is 12.1. The zero-order valence-corrected chi connectivity index (χ0v) is 16.3. The number of halogens is 2. The fourth-order valence-electron chi connectivity index (χ4n) is 2.99. The Hall–Kier alpha value is -2.75. The van der Waals surface area contributed by atoms with Gasteiger partial charge in [0.1, 0.15) is 5.58 Å². The van der Waals surface area contributed by atoms with Crippen LogP contribution in [0, 0.1) is 0 Å². The topological polar surface area (TPSA) is 39.4 Å². The molecule has 0 unspecified atom stereocenters. The van der Waals surface area contributed by atoms with Gasteiger partial charge in [-0.25, -0.2) is 0 Å². The molecule has 0 amide bonds. The zero-order valence-electron chi connectivity index (χ0n) is 14.8. The standard InChI is InChI=1S/C23H16Cl2O3/c24-17-8-6-16(7-9-17)22-23(27-13-12-15-4-2-1-3-5-15)21(26)19-14-18(25)10-11-20(19)28-22/h1-11,14H,12-13H2. The molecule has 0 bridgehead atoms. The molecule has 4 aromatic rings. The Morgan fingerprint density at radius 2 is 1.57 bits per heavy atom. The van der Waals surface area contributed by atoms with Crippen LogP contribution in [0.15, 0.2) is 82.0 Å². The van der Waals surface area contributed by atoms with Crippen LogP contribution in [-0.2, 0) is 6.42 Å². The maximum absolute atomic E-state index is 13.1. The summed E-state index contributed by atoms with van der Waals surface area (Å²) in [6, 6.07) is 22.0. The van der Waals surface area contributed by atoms with Crippen LogP contribution in [0.5, 0.6) is 5.75 Å². The number of fused-ring (bicyclic) bond motifs is 1. The molecule has 0 aliphatic carbocycles. The van der Waals surface area contributed by atoms with E-state index in [4.69, 9.17) is 32.4 Å². The maximum atomic E-state index is 13.1. The molecule has 3 nitrogen and oxygen atoms in total. The second kappa shape index (κ2) is 8.09. The Morgan fingerprint density at radius 1 is 0.857 bits per heavy atom. The number of hydrogen-bond donors (Lipinski definition) is 0. The molecule has 0 aliphatic heterocycles. The number of hydrogen-bond acceptors (Lipinski definition) is 3. The second-order valence-corrected chi connectivity index (χ2v) is 7.19. The van der Waals surface area contributed by atoms with Crippen molar-refractivity contribution in [3.05, 3.63) is 98.6 Å². The minimum atomic E-state index is -0.248. The number of rotatable bonds is 5. The molecule has 0 fully saturated rings. The normalized spacial score (nSPS) is 10.9. The van der Waals surface area contributed by atoms with Gasteiger partial charge in [0.2, 0.25) is 11.2 Å². The van der Waals surface area contributed by atoms with E-state index >= 15 is 0 Å². The van der Waals surface area contributed by atoms with Crippen LogP contribution < -0.4 is 10.2 Å². The SMILES string of the molecule is O=c1c(OCCc2ccccc2)c(-c2ccc(Cl)cc2)oc2ccc(Cl)cc12. The molecule has 3 aromatic carbocycles. The van der Waals surface area contributed by atoms with Crippen LogP contribution in [0.1, 0.15) is 5.56 Å². The summed E-state index contributed by atoms with van der Waals surface area (Å²) in [5, 5.41) is 1.46. The van der Waals surface area contributed by atoms with Crippen molar-refractivity contribution < 1.29 is 9.15 Å². The molecular weight excluding hydrogens is 395 g/mol. The molecule has 0 saturated heterocycles. The number of benzene rings is 3. The first-order chi connectivity index (χ1) is 13.6. The fourth-order valence-corrected chi connectivity index (χ4v) is 3.29. The first-order valence-corrected chi connectivity index (χ1v) is 9.56. The van der Waals surface area contributed by atoms with Crippen molar-refractivity contribution in [1.29, 1.82) is 0 Å². The van der Waals surface area contributed by atoms with Gasteiger partial charge in [-0.15, -0.1) is 0 Å². The van der Waals surface area contributed by atoms with Crippen LogP contribution in [0.3, 0.4) is 0 Å². The van der Waals surface area contributed by atoms with Crippen molar-refractivity contribution in [2.45, 2.75) is 6.42 Å². The Labute approximate surface area is 172 Å². The molecule has 0 radical (unpaired) electrons. The van der Waals surface area contributed by atoms with E-state index in [1.54, 1.807) is 42.5 Å². The van der Waals surface area contributed by atoms with E-state index in [0.717, 1.165) is 5.56 Å². The smallest absolute Gasteiger partial charge is 0.235 e. The van der Waals surface area contributed by atoms with E-state index in [-0.39, 0.29) is 11.2 Å². The summed E-state index contributed by atoms with van der Waals surface area (Å²) < 4.78 is 12.0. The third-order valence-electron chi connectivity index (χ3n) is 4.40. The third-order valence-corrected chi connectivity index (χ3v) is 4.88. The molecule has 0 saturated carbocycles. The quantitative estimate of drug-likeness (QED) is 0.382. The monoisotopic (exact) mass is 410 g/mol. The molecule has 0 atom stereocenters. The van der Waals surface area contributed by atoms with Crippen LogP contribution in [0.25, 0.3) is 22.3 Å². The second-order valence-electron chi connectivity index (χ2n) is 6.32. The van der Waals surface area contributed by atoms with Crippen molar-refractivity contribution in [3.63, 3.8) is 0 Å².